The van der Waals surface area contributed by atoms with Gasteiger partial charge in [0.25, 0.3) is 5.56 Å². The van der Waals surface area contributed by atoms with Crippen molar-refractivity contribution in [1.82, 2.24) is 4.57 Å². The number of aromatic nitrogens is 1. The van der Waals surface area contributed by atoms with Gasteiger partial charge >= 0.3 is 0 Å². The third-order valence-electron chi connectivity index (χ3n) is 3.89. The Kier molecular flexibility index (Phi) is 1.87. The number of rotatable bonds is 0. The molecule has 2 aliphatic rings. The second kappa shape index (κ2) is 3.12. The molecule has 3 rings (SSSR count). The fourth-order valence-corrected chi connectivity index (χ4v) is 3.16. The summed E-state index contributed by atoms with van der Waals surface area (Å²) in [6.07, 6.45) is 2.50. The van der Waals surface area contributed by atoms with Crippen LogP contribution < -0.4 is 10.9 Å². The standard InChI is InChI=1S/C12H16N2O/c1-8-5-6-9-7-13-10-3-2-4-11(15)14(10)12(8)9/h2-4,8-9,12-13H,5-7H2,1H3. The Morgan fingerprint density at radius 2 is 2.27 bits per heavy atom. The van der Waals surface area contributed by atoms with Crippen LogP contribution >= 0.6 is 0 Å². The molecule has 15 heavy (non-hydrogen) atoms. The monoisotopic (exact) mass is 204 g/mol. The van der Waals surface area contributed by atoms with Crippen LogP contribution in [0.15, 0.2) is 23.0 Å². The summed E-state index contributed by atoms with van der Waals surface area (Å²) in [4.78, 5) is 11.9. The summed E-state index contributed by atoms with van der Waals surface area (Å²) >= 11 is 0. The summed E-state index contributed by atoms with van der Waals surface area (Å²) in [6.45, 7) is 3.29. The zero-order chi connectivity index (χ0) is 10.4. The summed E-state index contributed by atoms with van der Waals surface area (Å²) in [5.74, 6) is 2.28. The van der Waals surface area contributed by atoms with Crippen LogP contribution in [0, 0.1) is 11.8 Å². The van der Waals surface area contributed by atoms with Gasteiger partial charge in [-0.2, -0.15) is 0 Å². The Morgan fingerprint density at radius 3 is 3.13 bits per heavy atom. The Hall–Kier alpha value is -1.25. The van der Waals surface area contributed by atoms with Crippen molar-refractivity contribution in [3.8, 4) is 0 Å². The molecule has 3 heteroatoms. The molecule has 3 nitrogen and oxygen atoms in total. The molecule has 1 fully saturated rings. The van der Waals surface area contributed by atoms with Gasteiger partial charge in [0.1, 0.15) is 5.82 Å². The minimum absolute atomic E-state index is 0.142. The lowest BCUT2D eigenvalue weighted by Crippen LogP contribution is -2.38. The second-order valence-electron chi connectivity index (χ2n) is 4.81. The maximum absolute atomic E-state index is 11.9. The van der Waals surface area contributed by atoms with Crippen molar-refractivity contribution in [2.45, 2.75) is 25.8 Å². The third kappa shape index (κ3) is 1.22. The molecule has 0 saturated heterocycles. The molecule has 1 aliphatic carbocycles. The molecule has 1 aromatic rings. The minimum Gasteiger partial charge on any atom is -0.371 e. The van der Waals surface area contributed by atoms with E-state index in [4.69, 9.17) is 0 Å². The molecule has 0 aromatic carbocycles. The molecule has 80 valence electrons. The lowest BCUT2D eigenvalue weighted by Gasteiger charge is -2.33. The molecule has 3 unspecified atom stereocenters. The highest BCUT2D eigenvalue weighted by molar-refractivity contribution is 5.38. The predicted octanol–water partition coefficient (Wildman–Crippen LogP) is 1.86. The lowest BCUT2D eigenvalue weighted by molar-refractivity contribution is 0.312. The van der Waals surface area contributed by atoms with E-state index >= 15 is 0 Å². The Balaban J connectivity index is 2.17. The van der Waals surface area contributed by atoms with Gasteiger partial charge in [-0.3, -0.25) is 9.36 Å². The number of hydrogen-bond acceptors (Lipinski definition) is 2. The van der Waals surface area contributed by atoms with E-state index in [0.29, 0.717) is 17.9 Å². The van der Waals surface area contributed by atoms with E-state index in [1.54, 1.807) is 6.07 Å². The zero-order valence-corrected chi connectivity index (χ0v) is 8.94. The summed E-state index contributed by atoms with van der Waals surface area (Å²) in [6, 6.07) is 5.93. The topological polar surface area (TPSA) is 34.0 Å². The molecule has 0 bridgehead atoms. The first-order valence-corrected chi connectivity index (χ1v) is 5.73. The smallest absolute Gasteiger partial charge is 0.252 e. The Morgan fingerprint density at radius 1 is 1.40 bits per heavy atom. The maximum atomic E-state index is 11.9. The molecule has 3 atom stereocenters. The van der Waals surface area contributed by atoms with Crippen LogP contribution in [-0.4, -0.2) is 11.1 Å². The predicted molar refractivity (Wildman–Crippen MR) is 60.1 cm³/mol. The van der Waals surface area contributed by atoms with E-state index in [-0.39, 0.29) is 5.56 Å². The highest BCUT2D eigenvalue weighted by atomic mass is 16.1. The first-order valence-electron chi connectivity index (χ1n) is 5.73. The van der Waals surface area contributed by atoms with Crippen molar-refractivity contribution in [2.75, 3.05) is 11.9 Å². The molecule has 1 N–H and O–H groups in total. The van der Waals surface area contributed by atoms with Crippen LogP contribution in [0.3, 0.4) is 0 Å². The lowest BCUT2D eigenvalue weighted by atomic mass is 9.96. The van der Waals surface area contributed by atoms with Crippen molar-refractivity contribution in [2.24, 2.45) is 11.8 Å². The van der Waals surface area contributed by atoms with Gasteiger partial charge in [0, 0.05) is 18.7 Å². The van der Waals surface area contributed by atoms with Gasteiger partial charge in [-0.1, -0.05) is 13.0 Å². The van der Waals surface area contributed by atoms with Gasteiger partial charge in [0.15, 0.2) is 0 Å². The van der Waals surface area contributed by atoms with E-state index in [2.05, 4.69) is 12.2 Å². The first-order chi connectivity index (χ1) is 7.27. The zero-order valence-electron chi connectivity index (χ0n) is 8.94. The first kappa shape index (κ1) is 9.01. The largest absolute Gasteiger partial charge is 0.371 e. The molecule has 1 aromatic heterocycles. The number of pyridine rings is 1. The van der Waals surface area contributed by atoms with Gasteiger partial charge in [-0.25, -0.2) is 0 Å². The van der Waals surface area contributed by atoms with Gasteiger partial charge < -0.3 is 5.32 Å². The highest BCUT2D eigenvalue weighted by Gasteiger charge is 2.38. The van der Waals surface area contributed by atoms with Crippen molar-refractivity contribution in [3.05, 3.63) is 28.6 Å². The van der Waals surface area contributed by atoms with E-state index in [0.717, 1.165) is 12.4 Å². The second-order valence-corrected chi connectivity index (χ2v) is 4.81. The Labute approximate surface area is 89.1 Å². The average molecular weight is 204 g/mol. The van der Waals surface area contributed by atoms with E-state index in [1.807, 2.05) is 16.7 Å². The van der Waals surface area contributed by atoms with Crippen molar-refractivity contribution < 1.29 is 0 Å². The van der Waals surface area contributed by atoms with Crippen LogP contribution in [0.4, 0.5) is 5.82 Å². The number of anilines is 1. The summed E-state index contributed by atoms with van der Waals surface area (Å²) in [5.41, 5.74) is 0.142. The number of hydrogen-bond donors (Lipinski definition) is 1. The fourth-order valence-electron chi connectivity index (χ4n) is 3.16. The normalized spacial score (nSPS) is 33.0. The maximum Gasteiger partial charge on any atom is 0.252 e. The van der Waals surface area contributed by atoms with Crippen molar-refractivity contribution in [1.29, 1.82) is 0 Å². The SMILES string of the molecule is CC1CCC2CNc3cccc(=O)n3C12. The molecular formula is C12H16N2O. The van der Waals surface area contributed by atoms with Crippen molar-refractivity contribution >= 4 is 5.82 Å². The average Bonchev–Trinajstić information content (AvgIpc) is 2.61. The highest BCUT2D eigenvalue weighted by Crippen LogP contribution is 2.43. The molecule has 0 radical (unpaired) electrons. The van der Waals surface area contributed by atoms with E-state index in [1.165, 1.54) is 12.8 Å². The molecular weight excluding hydrogens is 188 g/mol. The summed E-state index contributed by atoms with van der Waals surface area (Å²) in [7, 11) is 0. The van der Waals surface area contributed by atoms with Crippen LogP contribution in [0.2, 0.25) is 0 Å². The van der Waals surface area contributed by atoms with Gasteiger partial charge in [-0.15, -0.1) is 0 Å². The van der Waals surface area contributed by atoms with E-state index in [9.17, 15) is 4.79 Å². The fraction of sp³-hybridized carbons (Fsp3) is 0.583. The minimum atomic E-state index is 0.142. The van der Waals surface area contributed by atoms with Gasteiger partial charge in [0.2, 0.25) is 0 Å². The molecule has 0 spiro atoms. The summed E-state index contributed by atoms with van der Waals surface area (Å²) < 4.78 is 1.96. The number of nitrogens with one attached hydrogen (secondary N) is 1. The van der Waals surface area contributed by atoms with Gasteiger partial charge in [-0.05, 0) is 30.7 Å². The van der Waals surface area contributed by atoms with Crippen LogP contribution in [0.1, 0.15) is 25.8 Å². The van der Waals surface area contributed by atoms with Gasteiger partial charge in [0.05, 0.1) is 0 Å². The molecule has 2 heterocycles. The number of nitrogens with zero attached hydrogens (tertiary/aromatic N) is 1. The molecule has 1 aliphatic heterocycles. The van der Waals surface area contributed by atoms with E-state index < -0.39 is 0 Å². The molecule has 0 amide bonds. The molecule has 1 saturated carbocycles. The van der Waals surface area contributed by atoms with Crippen LogP contribution in [-0.2, 0) is 0 Å². The summed E-state index contributed by atoms with van der Waals surface area (Å²) in [5, 5.41) is 3.36. The Bertz CT molecular complexity index is 437. The van der Waals surface area contributed by atoms with Crippen molar-refractivity contribution in [3.63, 3.8) is 0 Å². The third-order valence-corrected chi connectivity index (χ3v) is 3.89. The quantitative estimate of drug-likeness (QED) is 0.700. The van der Waals surface area contributed by atoms with Crippen LogP contribution in [0.25, 0.3) is 0 Å². The number of fused-ring (bicyclic) bond motifs is 3. The van der Waals surface area contributed by atoms with Crippen LogP contribution in [0.5, 0.6) is 0 Å².